The van der Waals surface area contributed by atoms with Crippen LogP contribution in [0, 0.1) is 0 Å². The SMILES string of the molecule is COc1ccc2c(c1)OC(C)(C)C[C@H]2NC(=O)CN(C)S(=O)(=O)c1ccccc1. The first-order valence-corrected chi connectivity index (χ1v) is 10.7. The van der Waals surface area contributed by atoms with Crippen LogP contribution in [-0.4, -0.2) is 44.9 Å². The van der Waals surface area contributed by atoms with E-state index in [1.807, 2.05) is 26.0 Å². The Labute approximate surface area is 171 Å². The summed E-state index contributed by atoms with van der Waals surface area (Å²) in [5.74, 6) is 0.938. The smallest absolute Gasteiger partial charge is 0.243 e. The number of benzene rings is 2. The number of hydrogen-bond acceptors (Lipinski definition) is 5. The molecule has 3 rings (SSSR count). The average molecular weight is 419 g/mol. The van der Waals surface area contributed by atoms with Crippen LogP contribution in [0.2, 0.25) is 0 Å². The minimum Gasteiger partial charge on any atom is -0.497 e. The summed E-state index contributed by atoms with van der Waals surface area (Å²) < 4.78 is 37.6. The van der Waals surface area contributed by atoms with E-state index in [4.69, 9.17) is 9.47 Å². The maximum atomic E-state index is 12.7. The van der Waals surface area contributed by atoms with Crippen molar-refractivity contribution in [1.29, 1.82) is 0 Å². The van der Waals surface area contributed by atoms with Crippen LogP contribution >= 0.6 is 0 Å². The molecule has 0 saturated carbocycles. The van der Waals surface area contributed by atoms with E-state index in [1.165, 1.54) is 19.2 Å². The third kappa shape index (κ3) is 4.71. The van der Waals surface area contributed by atoms with Crippen molar-refractivity contribution in [3.05, 3.63) is 54.1 Å². The Bertz CT molecular complexity index is 989. The van der Waals surface area contributed by atoms with Crippen LogP contribution in [-0.2, 0) is 14.8 Å². The van der Waals surface area contributed by atoms with Gasteiger partial charge >= 0.3 is 0 Å². The lowest BCUT2D eigenvalue weighted by atomic mass is 9.89. The Balaban J connectivity index is 1.75. The molecule has 1 amide bonds. The molecule has 0 bridgehead atoms. The fraction of sp³-hybridized carbons (Fsp3) is 0.381. The van der Waals surface area contributed by atoms with Gasteiger partial charge in [0.15, 0.2) is 0 Å². The summed E-state index contributed by atoms with van der Waals surface area (Å²) >= 11 is 0. The highest BCUT2D eigenvalue weighted by atomic mass is 32.2. The number of carbonyl (C=O) groups excluding carboxylic acids is 1. The Morgan fingerprint density at radius 2 is 1.93 bits per heavy atom. The molecule has 1 heterocycles. The third-order valence-corrected chi connectivity index (χ3v) is 6.65. The molecule has 2 aromatic rings. The van der Waals surface area contributed by atoms with E-state index in [0.717, 1.165) is 9.87 Å². The van der Waals surface area contributed by atoms with Gasteiger partial charge in [0.05, 0.1) is 24.6 Å². The Kier molecular flexibility index (Phi) is 5.86. The largest absolute Gasteiger partial charge is 0.497 e. The molecule has 0 fully saturated rings. The molecule has 2 aromatic carbocycles. The number of nitrogens with zero attached hydrogens (tertiary/aromatic N) is 1. The van der Waals surface area contributed by atoms with Gasteiger partial charge in [-0.15, -0.1) is 0 Å². The van der Waals surface area contributed by atoms with Crippen molar-refractivity contribution in [2.75, 3.05) is 20.7 Å². The van der Waals surface area contributed by atoms with Crippen molar-refractivity contribution in [2.45, 2.75) is 36.8 Å². The molecule has 29 heavy (non-hydrogen) atoms. The standard InChI is InChI=1S/C21H26N2O5S/c1-21(2)13-18(17-11-10-15(27-4)12-19(17)28-21)22-20(24)14-23(3)29(25,26)16-8-6-5-7-9-16/h5-12,18H,13-14H2,1-4H3,(H,22,24)/t18-/m1/s1. The van der Waals surface area contributed by atoms with E-state index in [1.54, 1.807) is 31.4 Å². The van der Waals surface area contributed by atoms with Crippen LogP contribution in [0.1, 0.15) is 31.9 Å². The first-order valence-electron chi connectivity index (χ1n) is 9.30. The molecule has 8 heteroatoms. The lowest BCUT2D eigenvalue weighted by Crippen LogP contribution is -2.44. The van der Waals surface area contributed by atoms with Crippen LogP contribution in [0.5, 0.6) is 11.5 Å². The molecule has 1 aliphatic rings. The molecule has 0 unspecified atom stereocenters. The second-order valence-electron chi connectivity index (χ2n) is 7.66. The summed E-state index contributed by atoms with van der Waals surface area (Å²) in [6.45, 7) is 3.61. The van der Waals surface area contributed by atoms with Crippen molar-refractivity contribution in [2.24, 2.45) is 0 Å². The normalized spacial score (nSPS) is 17.9. The molecule has 1 N–H and O–H groups in total. The summed E-state index contributed by atoms with van der Waals surface area (Å²) in [6.07, 6.45) is 0.563. The number of carbonyl (C=O) groups is 1. The maximum absolute atomic E-state index is 12.7. The second-order valence-corrected chi connectivity index (χ2v) is 9.71. The van der Waals surface area contributed by atoms with E-state index >= 15 is 0 Å². The average Bonchev–Trinajstić information content (AvgIpc) is 2.67. The fourth-order valence-corrected chi connectivity index (χ4v) is 4.54. The summed E-state index contributed by atoms with van der Waals surface area (Å²) in [4.78, 5) is 12.8. The van der Waals surface area contributed by atoms with E-state index in [0.29, 0.717) is 17.9 Å². The van der Waals surface area contributed by atoms with Gasteiger partial charge in [-0.1, -0.05) is 18.2 Å². The van der Waals surface area contributed by atoms with Crippen LogP contribution in [0.15, 0.2) is 53.4 Å². The molecular formula is C21H26N2O5S. The molecule has 156 valence electrons. The highest BCUT2D eigenvalue weighted by molar-refractivity contribution is 7.89. The molecule has 0 radical (unpaired) electrons. The maximum Gasteiger partial charge on any atom is 0.243 e. The van der Waals surface area contributed by atoms with E-state index in [2.05, 4.69) is 5.32 Å². The molecule has 1 atom stereocenters. The second kappa shape index (κ2) is 8.04. The van der Waals surface area contributed by atoms with Gasteiger partial charge < -0.3 is 14.8 Å². The quantitative estimate of drug-likeness (QED) is 0.780. The molecule has 0 aromatic heterocycles. The summed E-state index contributed by atoms with van der Waals surface area (Å²) in [5, 5.41) is 2.96. The number of amides is 1. The van der Waals surface area contributed by atoms with Gasteiger partial charge in [-0.2, -0.15) is 4.31 Å². The monoisotopic (exact) mass is 418 g/mol. The number of likely N-dealkylation sites (N-methyl/N-ethyl adjacent to an activating group) is 1. The molecule has 0 aliphatic carbocycles. The zero-order valence-electron chi connectivity index (χ0n) is 17.0. The summed E-state index contributed by atoms with van der Waals surface area (Å²) in [6, 6.07) is 13.2. The molecular weight excluding hydrogens is 392 g/mol. The number of fused-ring (bicyclic) bond motifs is 1. The van der Waals surface area contributed by atoms with E-state index in [-0.39, 0.29) is 23.4 Å². The molecule has 0 spiro atoms. The number of sulfonamides is 1. The van der Waals surface area contributed by atoms with Crippen molar-refractivity contribution in [3.8, 4) is 11.5 Å². The van der Waals surface area contributed by atoms with Gasteiger partial charge in [-0.25, -0.2) is 8.42 Å². The number of hydrogen-bond donors (Lipinski definition) is 1. The van der Waals surface area contributed by atoms with E-state index < -0.39 is 15.6 Å². The fourth-order valence-electron chi connectivity index (χ4n) is 3.39. The van der Waals surface area contributed by atoms with Crippen molar-refractivity contribution < 1.29 is 22.7 Å². The molecule has 7 nitrogen and oxygen atoms in total. The summed E-state index contributed by atoms with van der Waals surface area (Å²) in [7, 11) is -0.757. The lowest BCUT2D eigenvalue weighted by molar-refractivity contribution is -0.122. The molecule has 0 saturated heterocycles. The molecule has 1 aliphatic heterocycles. The van der Waals surface area contributed by atoms with Crippen LogP contribution in [0.4, 0.5) is 0 Å². The highest BCUT2D eigenvalue weighted by Gasteiger charge is 2.35. The van der Waals surface area contributed by atoms with Gasteiger partial charge in [0.25, 0.3) is 0 Å². The highest BCUT2D eigenvalue weighted by Crippen LogP contribution is 2.41. The van der Waals surface area contributed by atoms with Crippen molar-refractivity contribution >= 4 is 15.9 Å². The topological polar surface area (TPSA) is 84.9 Å². The number of rotatable bonds is 6. The predicted molar refractivity (Wildman–Crippen MR) is 109 cm³/mol. The minimum atomic E-state index is -3.74. The van der Waals surface area contributed by atoms with Gasteiger partial charge in [0, 0.05) is 25.1 Å². The Hall–Kier alpha value is -2.58. The number of ether oxygens (including phenoxy) is 2. The Morgan fingerprint density at radius 3 is 2.59 bits per heavy atom. The summed E-state index contributed by atoms with van der Waals surface area (Å²) in [5.41, 5.74) is 0.353. The van der Waals surface area contributed by atoms with Gasteiger partial charge in [0.1, 0.15) is 17.1 Å². The minimum absolute atomic E-state index is 0.153. The van der Waals surface area contributed by atoms with Crippen molar-refractivity contribution in [3.63, 3.8) is 0 Å². The van der Waals surface area contributed by atoms with Gasteiger partial charge in [-0.3, -0.25) is 4.79 Å². The van der Waals surface area contributed by atoms with E-state index in [9.17, 15) is 13.2 Å². The first-order chi connectivity index (χ1) is 13.6. The zero-order valence-corrected chi connectivity index (χ0v) is 17.8. The van der Waals surface area contributed by atoms with Gasteiger partial charge in [-0.05, 0) is 38.1 Å². The van der Waals surface area contributed by atoms with Crippen LogP contribution in [0.25, 0.3) is 0 Å². The lowest BCUT2D eigenvalue weighted by Gasteiger charge is -2.38. The predicted octanol–water partition coefficient (Wildman–Crippen LogP) is 2.73. The first kappa shape index (κ1) is 21.1. The number of nitrogens with one attached hydrogen (secondary N) is 1. The van der Waals surface area contributed by atoms with Crippen LogP contribution in [0.3, 0.4) is 0 Å². The third-order valence-electron chi connectivity index (χ3n) is 4.83. The van der Waals surface area contributed by atoms with Crippen LogP contribution < -0.4 is 14.8 Å². The Morgan fingerprint density at radius 1 is 1.24 bits per heavy atom. The zero-order chi connectivity index (χ0) is 21.2. The van der Waals surface area contributed by atoms with Crippen molar-refractivity contribution in [1.82, 2.24) is 9.62 Å². The van der Waals surface area contributed by atoms with Gasteiger partial charge in [0.2, 0.25) is 15.9 Å². The number of methoxy groups -OCH3 is 1.